The quantitative estimate of drug-likeness (QED) is 0.884. The van der Waals surface area contributed by atoms with Crippen LogP contribution < -0.4 is 5.32 Å². The largest absolute Gasteiger partial charge is 0.384 e. The van der Waals surface area contributed by atoms with E-state index in [2.05, 4.69) is 48.2 Å². The SMILES string of the molecule is CCNc1c(C#N)cnc2c(Br)cc(Br)cc12. The lowest BCUT2D eigenvalue weighted by atomic mass is 10.1. The molecule has 0 aliphatic heterocycles. The summed E-state index contributed by atoms with van der Waals surface area (Å²) in [4.78, 5) is 4.31. The van der Waals surface area contributed by atoms with Crippen molar-refractivity contribution in [2.24, 2.45) is 0 Å². The van der Waals surface area contributed by atoms with E-state index in [0.717, 1.165) is 32.1 Å². The number of hydrogen-bond acceptors (Lipinski definition) is 3. The number of halogens is 2. The summed E-state index contributed by atoms with van der Waals surface area (Å²) in [5.74, 6) is 0. The van der Waals surface area contributed by atoms with Gasteiger partial charge in [-0.25, -0.2) is 0 Å². The highest BCUT2D eigenvalue weighted by Gasteiger charge is 2.10. The van der Waals surface area contributed by atoms with Crippen LogP contribution in [0.5, 0.6) is 0 Å². The summed E-state index contributed by atoms with van der Waals surface area (Å²) in [6.07, 6.45) is 1.60. The number of anilines is 1. The first-order chi connectivity index (χ1) is 8.17. The number of pyridine rings is 1. The van der Waals surface area contributed by atoms with Crippen molar-refractivity contribution in [3.05, 3.63) is 32.8 Å². The second kappa shape index (κ2) is 5.03. The molecule has 0 atom stereocenters. The fourth-order valence-electron chi connectivity index (χ4n) is 1.68. The van der Waals surface area contributed by atoms with Crippen LogP contribution in [0, 0.1) is 11.3 Å². The van der Waals surface area contributed by atoms with Gasteiger partial charge in [0.1, 0.15) is 6.07 Å². The summed E-state index contributed by atoms with van der Waals surface area (Å²) in [6.45, 7) is 2.76. The number of aromatic nitrogens is 1. The Kier molecular flexibility index (Phi) is 3.65. The van der Waals surface area contributed by atoms with Gasteiger partial charge in [-0.2, -0.15) is 5.26 Å². The van der Waals surface area contributed by atoms with Crippen LogP contribution in [0.1, 0.15) is 12.5 Å². The molecule has 1 N–H and O–H groups in total. The summed E-state index contributed by atoms with van der Waals surface area (Å²) in [5.41, 5.74) is 2.24. The molecule has 17 heavy (non-hydrogen) atoms. The first kappa shape index (κ1) is 12.3. The van der Waals surface area contributed by atoms with Gasteiger partial charge in [-0.15, -0.1) is 0 Å². The van der Waals surface area contributed by atoms with Gasteiger partial charge >= 0.3 is 0 Å². The van der Waals surface area contributed by atoms with Crippen molar-refractivity contribution in [1.29, 1.82) is 5.26 Å². The molecule has 0 amide bonds. The zero-order chi connectivity index (χ0) is 12.4. The lowest BCUT2D eigenvalue weighted by molar-refractivity contribution is 1.21. The molecular formula is C12H9Br2N3. The fraction of sp³-hybridized carbons (Fsp3) is 0.167. The van der Waals surface area contributed by atoms with Crippen LogP contribution in [0.3, 0.4) is 0 Å². The average molecular weight is 355 g/mol. The van der Waals surface area contributed by atoms with E-state index in [1.807, 2.05) is 19.1 Å². The number of nitriles is 1. The lowest BCUT2D eigenvalue weighted by Gasteiger charge is -2.10. The van der Waals surface area contributed by atoms with Crippen LogP contribution in [0.2, 0.25) is 0 Å². The Morgan fingerprint density at radius 3 is 2.82 bits per heavy atom. The standard InChI is InChI=1S/C12H9Br2N3/c1-2-16-11-7(5-15)6-17-12-9(11)3-8(13)4-10(12)14/h3-4,6H,2H2,1H3,(H,16,17). The first-order valence-corrected chi connectivity index (χ1v) is 6.67. The lowest BCUT2D eigenvalue weighted by Crippen LogP contribution is -2.01. The highest BCUT2D eigenvalue weighted by Crippen LogP contribution is 2.33. The predicted octanol–water partition coefficient (Wildman–Crippen LogP) is 4.06. The van der Waals surface area contributed by atoms with E-state index in [4.69, 9.17) is 5.26 Å². The molecule has 0 spiro atoms. The van der Waals surface area contributed by atoms with Crippen LogP contribution in [0.15, 0.2) is 27.3 Å². The van der Waals surface area contributed by atoms with Crippen LogP contribution in [0.25, 0.3) is 10.9 Å². The summed E-state index contributed by atoms with van der Waals surface area (Å²) in [6, 6.07) is 6.06. The maximum Gasteiger partial charge on any atom is 0.103 e. The molecule has 2 aromatic rings. The minimum atomic E-state index is 0.560. The van der Waals surface area contributed by atoms with Crippen LogP contribution in [-0.2, 0) is 0 Å². The number of hydrogen-bond donors (Lipinski definition) is 1. The summed E-state index contributed by atoms with van der Waals surface area (Å²) >= 11 is 6.92. The van der Waals surface area contributed by atoms with Crippen LogP contribution in [0.4, 0.5) is 5.69 Å². The predicted molar refractivity (Wildman–Crippen MR) is 76.0 cm³/mol. The van der Waals surface area contributed by atoms with Gasteiger partial charge in [-0.05, 0) is 35.0 Å². The third kappa shape index (κ3) is 2.28. The normalized spacial score (nSPS) is 10.2. The van der Waals surface area contributed by atoms with Gasteiger partial charge in [0, 0.05) is 27.1 Å². The summed E-state index contributed by atoms with van der Waals surface area (Å²) in [5, 5.41) is 13.2. The molecule has 86 valence electrons. The van der Waals surface area contributed by atoms with Crippen molar-refractivity contribution in [2.75, 3.05) is 11.9 Å². The van der Waals surface area contributed by atoms with Gasteiger partial charge in [-0.3, -0.25) is 4.98 Å². The molecule has 0 saturated carbocycles. The fourth-order valence-corrected chi connectivity index (χ4v) is 3.01. The Hall–Kier alpha value is -1.12. The van der Waals surface area contributed by atoms with E-state index in [9.17, 15) is 0 Å². The van der Waals surface area contributed by atoms with Gasteiger partial charge in [0.15, 0.2) is 0 Å². The summed E-state index contributed by atoms with van der Waals surface area (Å²) < 4.78 is 1.86. The second-order valence-electron chi connectivity index (χ2n) is 3.47. The topological polar surface area (TPSA) is 48.7 Å². The molecule has 5 heteroatoms. The van der Waals surface area contributed by atoms with Gasteiger partial charge in [0.25, 0.3) is 0 Å². The van der Waals surface area contributed by atoms with Crippen molar-refractivity contribution in [3.8, 4) is 6.07 Å². The molecule has 1 heterocycles. The van der Waals surface area contributed by atoms with Crippen molar-refractivity contribution in [2.45, 2.75) is 6.92 Å². The highest BCUT2D eigenvalue weighted by atomic mass is 79.9. The maximum absolute atomic E-state index is 9.09. The molecular weight excluding hydrogens is 346 g/mol. The van der Waals surface area contributed by atoms with Crippen LogP contribution >= 0.6 is 31.9 Å². The minimum Gasteiger partial charge on any atom is -0.384 e. The number of fused-ring (bicyclic) bond motifs is 1. The third-order valence-electron chi connectivity index (χ3n) is 2.36. The van der Waals surface area contributed by atoms with Crippen LogP contribution in [-0.4, -0.2) is 11.5 Å². The molecule has 1 aromatic heterocycles. The first-order valence-electron chi connectivity index (χ1n) is 5.09. The van der Waals surface area contributed by atoms with Crippen molar-refractivity contribution < 1.29 is 0 Å². The highest BCUT2D eigenvalue weighted by molar-refractivity contribution is 9.11. The molecule has 0 aliphatic carbocycles. The summed E-state index contributed by atoms with van der Waals surface area (Å²) in [7, 11) is 0. The Morgan fingerprint density at radius 2 is 2.18 bits per heavy atom. The van der Waals surface area contributed by atoms with Gasteiger partial charge in [0.05, 0.1) is 16.8 Å². The molecule has 0 aliphatic rings. The smallest absolute Gasteiger partial charge is 0.103 e. The second-order valence-corrected chi connectivity index (χ2v) is 5.24. The monoisotopic (exact) mass is 353 g/mol. The van der Waals surface area contributed by atoms with Gasteiger partial charge in [-0.1, -0.05) is 15.9 Å². The Morgan fingerprint density at radius 1 is 1.41 bits per heavy atom. The van der Waals surface area contributed by atoms with Crippen molar-refractivity contribution >= 4 is 48.5 Å². The van der Waals surface area contributed by atoms with Crippen molar-refractivity contribution in [1.82, 2.24) is 4.98 Å². The molecule has 1 aromatic carbocycles. The Labute approximate surface area is 116 Å². The molecule has 3 nitrogen and oxygen atoms in total. The number of benzene rings is 1. The number of rotatable bonds is 2. The van der Waals surface area contributed by atoms with E-state index >= 15 is 0 Å². The van der Waals surface area contributed by atoms with E-state index in [-0.39, 0.29) is 0 Å². The van der Waals surface area contributed by atoms with E-state index in [0.29, 0.717) is 5.56 Å². The van der Waals surface area contributed by atoms with Crippen molar-refractivity contribution in [3.63, 3.8) is 0 Å². The average Bonchev–Trinajstić information content (AvgIpc) is 2.30. The van der Waals surface area contributed by atoms with Gasteiger partial charge in [0.2, 0.25) is 0 Å². The van der Waals surface area contributed by atoms with Gasteiger partial charge < -0.3 is 5.32 Å². The van der Waals surface area contributed by atoms with E-state index < -0.39 is 0 Å². The number of nitrogens with one attached hydrogen (secondary N) is 1. The third-order valence-corrected chi connectivity index (χ3v) is 3.43. The zero-order valence-corrected chi connectivity index (χ0v) is 12.3. The van der Waals surface area contributed by atoms with E-state index in [1.165, 1.54) is 0 Å². The molecule has 0 saturated heterocycles. The Balaban J connectivity index is 2.84. The molecule has 0 unspecified atom stereocenters. The van der Waals surface area contributed by atoms with E-state index in [1.54, 1.807) is 6.20 Å². The minimum absolute atomic E-state index is 0.560. The molecule has 0 fully saturated rings. The Bertz CT molecular complexity index is 617. The molecule has 2 rings (SSSR count). The molecule has 0 bridgehead atoms. The molecule has 0 radical (unpaired) electrons. The number of nitrogens with zero attached hydrogens (tertiary/aromatic N) is 2. The zero-order valence-electron chi connectivity index (χ0n) is 9.09. The maximum atomic E-state index is 9.09.